The molecule has 0 aromatic heterocycles. The first-order valence-electron chi connectivity index (χ1n) is 8.27. The Morgan fingerprint density at radius 3 is 2.88 bits per heavy atom. The van der Waals surface area contributed by atoms with Crippen LogP contribution in [0.5, 0.6) is 5.75 Å². The van der Waals surface area contributed by atoms with Gasteiger partial charge in [0.1, 0.15) is 5.10 Å². The van der Waals surface area contributed by atoms with Crippen LogP contribution in [-0.4, -0.2) is 59.2 Å². The molecule has 0 spiro atoms. The average molecular weight is 383 g/mol. The quantitative estimate of drug-likeness (QED) is 0.586. The number of guanidine groups is 1. The van der Waals surface area contributed by atoms with Crippen molar-refractivity contribution in [3.8, 4) is 5.75 Å². The van der Waals surface area contributed by atoms with E-state index in [-0.39, 0.29) is 35.3 Å². The van der Waals surface area contributed by atoms with E-state index in [0.29, 0.717) is 19.7 Å². The van der Waals surface area contributed by atoms with E-state index in [2.05, 4.69) is 5.10 Å². The van der Waals surface area contributed by atoms with Crippen molar-refractivity contribution in [1.29, 1.82) is 0 Å². The van der Waals surface area contributed by atoms with Gasteiger partial charge in [-0.3, -0.25) is 0 Å². The molecule has 10 heteroatoms. The molecule has 2 aliphatic rings. The number of nitro groups is 1. The lowest BCUT2D eigenvalue weighted by Crippen LogP contribution is -2.41. The number of carbonyl (C=O) groups excluding carboxylic acids is 1. The molecule has 2 fully saturated rings. The molecule has 0 bridgehead atoms. The molecule has 2 aliphatic heterocycles. The van der Waals surface area contributed by atoms with Crippen LogP contribution in [0.3, 0.4) is 0 Å². The van der Waals surface area contributed by atoms with Crippen LogP contribution in [0.2, 0.25) is 5.02 Å². The number of benzene rings is 1. The molecule has 1 amide bonds. The van der Waals surface area contributed by atoms with Gasteiger partial charge in [-0.1, -0.05) is 23.7 Å². The molecule has 0 radical (unpaired) electrons. The highest BCUT2D eigenvalue weighted by atomic mass is 35.5. The third-order valence-corrected chi connectivity index (χ3v) is 4.62. The maximum atomic E-state index is 12.5. The van der Waals surface area contributed by atoms with Crippen LogP contribution in [-0.2, 0) is 4.74 Å². The zero-order chi connectivity index (χ0) is 18.7. The van der Waals surface area contributed by atoms with Gasteiger partial charge in [0, 0.05) is 19.0 Å². The first kappa shape index (κ1) is 18.4. The minimum atomic E-state index is -0.808. The number of amides is 1. The summed E-state index contributed by atoms with van der Waals surface area (Å²) in [6.45, 7) is 3.80. The van der Waals surface area contributed by atoms with Crippen LogP contribution < -0.4 is 4.74 Å². The van der Waals surface area contributed by atoms with E-state index < -0.39 is 11.1 Å². The number of carbonyl (C=O) groups is 1. The molecular weight excluding hydrogens is 364 g/mol. The molecule has 2 saturated heterocycles. The van der Waals surface area contributed by atoms with Crippen molar-refractivity contribution < 1.29 is 19.3 Å². The summed E-state index contributed by atoms with van der Waals surface area (Å²) in [6.07, 6.45) is 0.281. The summed E-state index contributed by atoms with van der Waals surface area (Å²) in [5, 5.41) is 13.8. The molecular formula is C16H19ClN4O5. The Morgan fingerprint density at radius 2 is 2.23 bits per heavy atom. The Kier molecular flexibility index (Phi) is 5.58. The minimum Gasteiger partial charge on any atom is -0.408 e. The molecule has 0 saturated carbocycles. The largest absolute Gasteiger partial charge is 0.422 e. The molecule has 1 aromatic carbocycles. The fourth-order valence-corrected chi connectivity index (χ4v) is 3.32. The SMILES string of the molecule is CC1CC(CN2CCN(C(=O)Oc3ccccc3Cl)C2=N[N+](=O)[O-])CO1. The molecule has 0 N–H and O–H groups in total. The summed E-state index contributed by atoms with van der Waals surface area (Å²) >= 11 is 5.99. The summed E-state index contributed by atoms with van der Waals surface area (Å²) in [5.74, 6) is 0.407. The van der Waals surface area contributed by atoms with Crippen LogP contribution in [0.25, 0.3) is 0 Å². The Morgan fingerprint density at radius 1 is 1.46 bits per heavy atom. The van der Waals surface area contributed by atoms with Crippen molar-refractivity contribution in [2.45, 2.75) is 19.4 Å². The van der Waals surface area contributed by atoms with Crippen molar-refractivity contribution in [3.63, 3.8) is 0 Å². The molecule has 3 rings (SSSR count). The maximum Gasteiger partial charge on any atom is 0.422 e. The van der Waals surface area contributed by atoms with Gasteiger partial charge in [-0.15, -0.1) is 0 Å². The predicted octanol–water partition coefficient (Wildman–Crippen LogP) is 2.43. The van der Waals surface area contributed by atoms with Crippen molar-refractivity contribution in [2.24, 2.45) is 11.0 Å². The molecule has 2 unspecified atom stereocenters. The number of ether oxygens (including phenoxy) is 2. The lowest BCUT2D eigenvalue weighted by molar-refractivity contribution is -0.486. The molecule has 140 valence electrons. The van der Waals surface area contributed by atoms with Crippen LogP contribution in [0.4, 0.5) is 4.79 Å². The van der Waals surface area contributed by atoms with Gasteiger partial charge >= 0.3 is 6.09 Å². The van der Waals surface area contributed by atoms with Gasteiger partial charge in [0.05, 0.1) is 24.3 Å². The summed E-state index contributed by atoms with van der Waals surface area (Å²) < 4.78 is 10.8. The summed E-state index contributed by atoms with van der Waals surface area (Å²) in [4.78, 5) is 26.3. The molecule has 2 atom stereocenters. The third-order valence-electron chi connectivity index (χ3n) is 4.30. The van der Waals surface area contributed by atoms with Gasteiger partial charge in [-0.05, 0) is 25.5 Å². The smallest absolute Gasteiger partial charge is 0.408 e. The molecule has 9 nitrogen and oxygen atoms in total. The third kappa shape index (κ3) is 4.23. The van der Waals surface area contributed by atoms with E-state index in [0.717, 1.165) is 11.3 Å². The predicted molar refractivity (Wildman–Crippen MR) is 93.7 cm³/mol. The highest BCUT2D eigenvalue weighted by Gasteiger charge is 2.37. The fraction of sp³-hybridized carbons (Fsp3) is 0.500. The topological polar surface area (TPSA) is 97.5 Å². The van der Waals surface area contributed by atoms with Crippen molar-refractivity contribution in [3.05, 3.63) is 39.4 Å². The normalized spacial score (nSPS) is 24.3. The Bertz CT molecular complexity index is 728. The Balaban J connectivity index is 1.73. The fourth-order valence-electron chi connectivity index (χ4n) is 3.15. The zero-order valence-electron chi connectivity index (χ0n) is 14.2. The number of nitrogens with zero attached hydrogens (tertiary/aromatic N) is 4. The summed E-state index contributed by atoms with van der Waals surface area (Å²) in [7, 11) is 0. The van der Waals surface area contributed by atoms with Gasteiger partial charge in [0.2, 0.25) is 0 Å². The second-order valence-electron chi connectivity index (χ2n) is 6.28. The monoisotopic (exact) mass is 382 g/mol. The lowest BCUT2D eigenvalue weighted by Gasteiger charge is -2.21. The standard InChI is InChI=1S/C16H19ClN4O5/c1-11-8-12(10-25-11)9-19-6-7-20(15(19)18-21(23)24)16(22)26-14-5-3-2-4-13(14)17/h2-5,11-12H,6-10H2,1H3. The number of hydrogen-bond acceptors (Lipinski definition) is 5. The first-order valence-corrected chi connectivity index (χ1v) is 8.65. The average Bonchev–Trinajstić information content (AvgIpc) is 3.16. The molecule has 26 heavy (non-hydrogen) atoms. The van der Waals surface area contributed by atoms with Crippen molar-refractivity contribution in [2.75, 3.05) is 26.2 Å². The number of hydrazone groups is 1. The van der Waals surface area contributed by atoms with E-state index in [1.165, 1.54) is 0 Å². The highest BCUT2D eigenvalue weighted by Crippen LogP contribution is 2.25. The van der Waals surface area contributed by atoms with E-state index in [4.69, 9.17) is 21.1 Å². The van der Waals surface area contributed by atoms with Gasteiger partial charge in [0.25, 0.3) is 5.96 Å². The van der Waals surface area contributed by atoms with Crippen LogP contribution in [0, 0.1) is 16.0 Å². The maximum absolute atomic E-state index is 12.5. The molecule has 0 aliphatic carbocycles. The van der Waals surface area contributed by atoms with Crippen LogP contribution in [0.1, 0.15) is 13.3 Å². The number of para-hydroxylation sites is 1. The lowest BCUT2D eigenvalue weighted by atomic mass is 10.1. The molecule has 1 aromatic rings. The number of halogens is 1. The second-order valence-corrected chi connectivity index (χ2v) is 6.69. The molecule has 2 heterocycles. The van der Waals surface area contributed by atoms with Gasteiger partial charge < -0.3 is 14.4 Å². The van der Waals surface area contributed by atoms with Crippen molar-refractivity contribution >= 4 is 23.7 Å². The summed E-state index contributed by atoms with van der Waals surface area (Å²) in [5.41, 5.74) is 0. The van der Waals surface area contributed by atoms with E-state index in [1.807, 2.05) is 6.92 Å². The zero-order valence-corrected chi connectivity index (χ0v) is 15.0. The first-order chi connectivity index (χ1) is 12.4. The number of hydrogen-bond donors (Lipinski definition) is 0. The second kappa shape index (κ2) is 7.88. The number of rotatable bonds is 4. The summed E-state index contributed by atoms with van der Waals surface area (Å²) in [6, 6.07) is 6.53. The van der Waals surface area contributed by atoms with Gasteiger partial charge in [-0.25, -0.2) is 19.8 Å². The van der Waals surface area contributed by atoms with Crippen molar-refractivity contribution in [1.82, 2.24) is 9.80 Å². The Labute approximate surface area is 155 Å². The van der Waals surface area contributed by atoms with Crippen LogP contribution >= 0.6 is 11.6 Å². The highest BCUT2D eigenvalue weighted by molar-refractivity contribution is 6.32. The van der Waals surface area contributed by atoms with Crippen LogP contribution in [0.15, 0.2) is 29.4 Å². The van der Waals surface area contributed by atoms with E-state index in [1.54, 1.807) is 29.2 Å². The van der Waals surface area contributed by atoms with Gasteiger partial charge in [-0.2, -0.15) is 0 Å². The Hall–Kier alpha value is -2.39. The van der Waals surface area contributed by atoms with Gasteiger partial charge in [0.15, 0.2) is 10.8 Å². The minimum absolute atomic E-state index is 0.0217. The van der Waals surface area contributed by atoms with E-state index in [9.17, 15) is 14.9 Å². The van der Waals surface area contributed by atoms with E-state index >= 15 is 0 Å².